The number of alkyl halides is 1. The largest absolute Gasteiger partial charge is 0.456 e. The number of pyridine rings is 1. The van der Waals surface area contributed by atoms with Gasteiger partial charge >= 0.3 is 11.9 Å². The zero-order valence-electron chi connectivity index (χ0n) is 11.3. The van der Waals surface area contributed by atoms with Crippen molar-refractivity contribution in [3.63, 3.8) is 0 Å². The third-order valence-corrected chi connectivity index (χ3v) is 1.97. The average Bonchev–Trinajstić information content (AvgIpc) is 2.26. The third kappa shape index (κ3) is 5.26. The van der Waals surface area contributed by atoms with Gasteiger partial charge in [0.2, 0.25) is 0 Å². The number of rotatable bonds is 3. The van der Waals surface area contributed by atoms with Crippen LogP contribution < -0.4 is 0 Å². The van der Waals surface area contributed by atoms with E-state index < -0.39 is 23.1 Å². The fraction of sp³-hybridized carbons (Fsp3) is 0.462. The molecule has 1 heterocycles. The zero-order valence-corrected chi connectivity index (χ0v) is 12.0. The number of halogens is 1. The quantitative estimate of drug-likeness (QED) is 0.631. The number of aromatic nitrogens is 1. The van der Waals surface area contributed by atoms with E-state index in [1.165, 1.54) is 25.3 Å². The molecule has 0 aromatic carbocycles. The van der Waals surface area contributed by atoms with E-state index in [0.717, 1.165) is 0 Å². The minimum Gasteiger partial charge on any atom is -0.456 e. The molecule has 0 saturated carbocycles. The number of hydrogen-bond donors (Lipinski definition) is 0. The molecule has 0 spiro atoms. The molecule has 1 rings (SSSR count). The molecule has 0 bridgehead atoms. The topological polar surface area (TPSA) is 65.5 Å². The first-order chi connectivity index (χ1) is 8.69. The Bertz CT molecular complexity index is 463. The predicted octanol–water partition coefficient (Wildman–Crippen LogP) is 2.78. The van der Waals surface area contributed by atoms with Crippen LogP contribution in [-0.2, 0) is 9.47 Å². The van der Waals surface area contributed by atoms with Gasteiger partial charge in [-0.15, -0.1) is 0 Å². The summed E-state index contributed by atoms with van der Waals surface area (Å²) in [6.07, 6.45) is 1.27. The lowest BCUT2D eigenvalue weighted by atomic mass is 10.2. The van der Waals surface area contributed by atoms with E-state index in [2.05, 4.69) is 4.98 Å². The van der Waals surface area contributed by atoms with Crippen LogP contribution >= 0.6 is 11.6 Å². The summed E-state index contributed by atoms with van der Waals surface area (Å²) in [5.74, 6) is -1.14. The maximum absolute atomic E-state index is 11.7. The van der Waals surface area contributed by atoms with Gasteiger partial charge in [-0.25, -0.2) is 14.6 Å². The number of carbonyl (C=O) groups is 2. The predicted molar refractivity (Wildman–Crippen MR) is 70.1 cm³/mol. The standard InChI is InChI=1S/C13H16ClNO4/c1-8(14)18-12(17)10-6-5-9(7-15-10)11(16)19-13(2,3)4/h5-8H,1-4H3. The summed E-state index contributed by atoms with van der Waals surface area (Å²) in [5.41, 5.74) is -0.965. The van der Waals surface area contributed by atoms with Crippen molar-refractivity contribution in [2.24, 2.45) is 0 Å². The van der Waals surface area contributed by atoms with E-state index in [0.29, 0.717) is 0 Å². The Morgan fingerprint density at radius 3 is 2.32 bits per heavy atom. The normalized spacial score (nSPS) is 12.7. The van der Waals surface area contributed by atoms with E-state index in [-0.39, 0.29) is 11.3 Å². The first kappa shape index (κ1) is 15.4. The van der Waals surface area contributed by atoms with Crippen LogP contribution in [-0.4, -0.2) is 28.1 Å². The van der Waals surface area contributed by atoms with Gasteiger partial charge in [-0.1, -0.05) is 11.6 Å². The van der Waals surface area contributed by atoms with E-state index in [1.807, 2.05) is 0 Å². The number of carbonyl (C=O) groups excluding carboxylic acids is 2. The van der Waals surface area contributed by atoms with Crippen LogP contribution in [0.3, 0.4) is 0 Å². The van der Waals surface area contributed by atoms with Crippen molar-refractivity contribution in [2.75, 3.05) is 0 Å². The summed E-state index contributed by atoms with van der Waals surface area (Å²) >= 11 is 5.53. The van der Waals surface area contributed by atoms with Gasteiger partial charge in [0.1, 0.15) is 11.3 Å². The first-order valence-corrected chi connectivity index (χ1v) is 6.17. The van der Waals surface area contributed by atoms with E-state index in [4.69, 9.17) is 21.1 Å². The molecule has 1 aromatic heterocycles. The van der Waals surface area contributed by atoms with Crippen LogP contribution in [0.25, 0.3) is 0 Å². The van der Waals surface area contributed by atoms with Gasteiger partial charge in [0, 0.05) is 6.20 Å². The van der Waals surface area contributed by atoms with Gasteiger partial charge in [-0.3, -0.25) is 0 Å². The van der Waals surface area contributed by atoms with E-state index in [1.54, 1.807) is 20.8 Å². The SMILES string of the molecule is CC(Cl)OC(=O)c1ccc(C(=O)OC(C)(C)C)cn1. The van der Waals surface area contributed by atoms with Crippen molar-refractivity contribution in [3.8, 4) is 0 Å². The number of nitrogens with zero attached hydrogens (tertiary/aromatic N) is 1. The lowest BCUT2D eigenvalue weighted by molar-refractivity contribution is 0.00683. The molecule has 0 saturated heterocycles. The summed E-state index contributed by atoms with van der Waals surface area (Å²) < 4.78 is 9.94. The van der Waals surface area contributed by atoms with Crippen molar-refractivity contribution < 1.29 is 19.1 Å². The van der Waals surface area contributed by atoms with Gasteiger partial charge < -0.3 is 9.47 Å². The molecule has 0 amide bonds. The van der Waals surface area contributed by atoms with Crippen molar-refractivity contribution in [3.05, 3.63) is 29.6 Å². The van der Waals surface area contributed by atoms with Gasteiger partial charge in [0.05, 0.1) is 5.56 Å². The summed E-state index contributed by atoms with van der Waals surface area (Å²) in [6, 6.07) is 2.84. The van der Waals surface area contributed by atoms with Gasteiger partial charge in [-0.05, 0) is 39.8 Å². The molecule has 0 aliphatic carbocycles. The summed E-state index contributed by atoms with van der Waals surface area (Å²) in [4.78, 5) is 27.0. The molecule has 5 nitrogen and oxygen atoms in total. The zero-order chi connectivity index (χ0) is 14.6. The van der Waals surface area contributed by atoms with Crippen LogP contribution in [0, 0.1) is 0 Å². The molecule has 0 aliphatic heterocycles. The molecule has 0 N–H and O–H groups in total. The summed E-state index contributed by atoms with van der Waals surface area (Å²) in [7, 11) is 0. The Balaban J connectivity index is 2.76. The van der Waals surface area contributed by atoms with Crippen LogP contribution in [0.2, 0.25) is 0 Å². The molecule has 0 aliphatic rings. The number of hydrogen-bond acceptors (Lipinski definition) is 5. The highest BCUT2D eigenvalue weighted by Gasteiger charge is 2.19. The smallest absolute Gasteiger partial charge is 0.358 e. The highest BCUT2D eigenvalue weighted by Crippen LogP contribution is 2.12. The first-order valence-electron chi connectivity index (χ1n) is 5.73. The average molecular weight is 286 g/mol. The number of esters is 2. The minimum atomic E-state index is -0.736. The second-order valence-corrected chi connectivity index (χ2v) is 5.50. The molecule has 104 valence electrons. The Labute approximate surface area is 116 Å². The third-order valence-electron chi connectivity index (χ3n) is 1.88. The van der Waals surface area contributed by atoms with Crippen LogP contribution in [0.5, 0.6) is 0 Å². The van der Waals surface area contributed by atoms with Crippen LogP contribution in [0.15, 0.2) is 18.3 Å². The molecule has 0 radical (unpaired) electrons. The second kappa shape index (κ2) is 6.02. The molecule has 0 fully saturated rings. The lowest BCUT2D eigenvalue weighted by Crippen LogP contribution is -2.24. The highest BCUT2D eigenvalue weighted by atomic mass is 35.5. The highest BCUT2D eigenvalue weighted by molar-refractivity contribution is 6.20. The number of ether oxygens (including phenoxy) is 2. The van der Waals surface area contributed by atoms with Crippen molar-refractivity contribution in [1.82, 2.24) is 4.98 Å². The van der Waals surface area contributed by atoms with Gasteiger partial charge in [0.25, 0.3) is 0 Å². The fourth-order valence-electron chi connectivity index (χ4n) is 1.18. The van der Waals surface area contributed by atoms with Crippen molar-refractivity contribution >= 4 is 23.5 Å². The minimum absolute atomic E-state index is 0.0832. The van der Waals surface area contributed by atoms with Gasteiger partial charge in [-0.2, -0.15) is 0 Å². The molecular formula is C13H16ClNO4. The molecule has 1 unspecified atom stereocenters. The fourth-order valence-corrected chi connectivity index (χ4v) is 1.26. The second-order valence-electron chi connectivity index (χ2n) is 4.88. The van der Waals surface area contributed by atoms with E-state index >= 15 is 0 Å². The maximum atomic E-state index is 11.7. The Morgan fingerprint density at radius 2 is 1.89 bits per heavy atom. The summed E-state index contributed by atoms with van der Waals surface area (Å²) in [5, 5.41) is 0. The van der Waals surface area contributed by atoms with Crippen molar-refractivity contribution in [1.29, 1.82) is 0 Å². The Morgan fingerprint density at radius 1 is 1.26 bits per heavy atom. The lowest BCUT2D eigenvalue weighted by Gasteiger charge is -2.19. The molecular weight excluding hydrogens is 270 g/mol. The van der Waals surface area contributed by atoms with Crippen molar-refractivity contribution in [2.45, 2.75) is 38.9 Å². The Hall–Kier alpha value is -1.62. The van der Waals surface area contributed by atoms with Gasteiger partial charge in [0.15, 0.2) is 5.56 Å². The monoisotopic (exact) mass is 285 g/mol. The van der Waals surface area contributed by atoms with Crippen LogP contribution in [0.1, 0.15) is 48.5 Å². The Kier molecular flexibility index (Phi) is 4.89. The van der Waals surface area contributed by atoms with E-state index in [9.17, 15) is 9.59 Å². The summed E-state index contributed by atoms with van der Waals surface area (Å²) in [6.45, 7) is 6.83. The maximum Gasteiger partial charge on any atom is 0.358 e. The van der Waals surface area contributed by atoms with Crippen LogP contribution in [0.4, 0.5) is 0 Å². The molecule has 6 heteroatoms. The molecule has 1 atom stereocenters. The molecule has 19 heavy (non-hydrogen) atoms. The molecule has 1 aromatic rings.